The first-order chi connectivity index (χ1) is 12.7. The van der Waals surface area contributed by atoms with Crippen LogP contribution in [0.2, 0.25) is 0 Å². The number of aromatic nitrogens is 2. The lowest BCUT2D eigenvalue weighted by Crippen LogP contribution is -2.15. The number of aromatic amines is 1. The number of benzene rings is 1. The summed E-state index contributed by atoms with van der Waals surface area (Å²) in [6, 6.07) is 9.79. The van der Waals surface area contributed by atoms with Gasteiger partial charge >= 0.3 is 5.97 Å². The number of carbonyl (C=O) groups excluding carboxylic acids is 1. The van der Waals surface area contributed by atoms with E-state index in [9.17, 15) is 9.59 Å². The normalized spacial score (nSPS) is 12.6. The molecule has 26 heavy (non-hydrogen) atoms. The predicted octanol–water partition coefficient (Wildman–Crippen LogP) is 2.16. The highest BCUT2D eigenvalue weighted by atomic mass is 16.6. The van der Waals surface area contributed by atoms with Gasteiger partial charge in [-0.2, -0.15) is 0 Å². The zero-order valence-corrected chi connectivity index (χ0v) is 13.6. The Morgan fingerprint density at radius 1 is 1.12 bits per heavy atom. The van der Waals surface area contributed by atoms with Crippen molar-refractivity contribution in [3.8, 4) is 22.8 Å². The molecule has 0 fully saturated rings. The molecule has 0 aliphatic carbocycles. The summed E-state index contributed by atoms with van der Waals surface area (Å²) in [6.45, 7) is 0.976. The van der Waals surface area contributed by atoms with Crippen molar-refractivity contribution in [1.82, 2.24) is 10.1 Å². The average molecular weight is 354 g/mol. The van der Waals surface area contributed by atoms with Crippen molar-refractivity contribution in [3.63, 3.8) is 0 Å². The number of H-pyrrole nitrogens is 1. The van der Waals surface area contributed by atoms with Crippen LogP contribution in [0, 0.1) is 0 Å². The summed E-state index contributed by atoms with van der Waals surface area (Å²) in [6.07, 6.45) is 1.30. The smallest absolute Gasteiger partial charge is 0.340 e. The van der Waals surface area contributed by atoms with Crippen LogP contribution < -0.4 is 15.0 Å². The lowest BCUT2D eigenvalue weighted by Gasteiger charge is -2.18. The van der Waals surface area contributed by atoms with Crippen LogP contribution in [0.3, 0.4) is 0 Å². The fourth-order valence-electron chi connectivity index (χ4n) is 2.47. The summed E-state index contributed by atoms with van der Waals surface area (Å²) < 4.78 is 21.5. The van der Waals surface area contributed by atoms with Crippen LogP contribution in [0.5, 0.6) is 11.5 Å². The van der Waals surface area contributed by atoms with Crippen LogP contribution >= 0.6 is 0 Å². The van der Waals surface area contributed by atoms with Gasteiger partial charge in [-0.15, -0.1) is 0 Å². The van der Waals surface area contributed by atoms with Crippen molar-refractivity contribution in [2.45, 2.75) is 6.61 Å². The van der Waals surface area contributed by atoms with Gasteiger partial charge in [0.15, 0.2) is 17.3 Å². The second kappa shape index (κ2) is 6.75. The van der Waals surface area contributed by atoms with Crippen molar-refractivity contribution in [1.29, 1.82) is 0 Å². The molecule has 0 atom stereocenters. The molecule has 3 aromatic rings. The zero-order chi connectivity index (χ0) is 17.9. The van der Waals surface area contributed by atoms with Crippen LogP contribution in [0.1, 0.15) is 16.1 Å². The van der Waals surface area contributed by atoms with Crippen LogP contribution in [-0.2, 0) is 11.3 Å². The number of esters is 1. The van der Waals surface area contributed by atoms with Crippen molar-refractivity contribution >= 4 is 5.97 Å². The van der Waals surface area contributed by atoms with Crippen LogP contribution in [0.25, 0.3) is 11.3 Å². The molecule has 132 valence electrons. The van der Waals surface area contributed by atoms with E-state index < -0.39 is 5.97 Å². The molecule has 8 nitrogen and oxygen atoms in total. The van der Waals surface area contributed by atoms with Gasteiger partial charge in [0.1, 0.15) is 25.5 Å². The third-order valence-electron chi connectivity index (χ3n) is 3.76. The molecule has 0 amide bonds. The van der Waals surface area contributed by atoms with Gasteiger partial charge in [-0.1, -0.05) is 5.16 Å². The first-order valence-electron chi connectivity index (χ1n) is 7.90. The topological polar surface area (TPSA) is 104 Å². The van der Waals surface area contributed by atoms with Crippen LogP contribution in [0.4, 0.5) is 0 Å². The molecule has 0 radical (unpaired) electrons. The zero-order valence-electron chi connectivity index (χ0n) is 13.6. The monoisotopic (exact) mass is 354 g/mol. The maximum Gasteiger partial charge on any atom is 0.340 e. The van der Waals surface area contributed by atoms with Gasteiger partial charge in [0.05, 0.1) is 5.56 Å². The Morgan fingerprint density at radius 3 is 2.77 bits per heavy atom. The second-order valence-corrected chi connectivity index (χ2v) is 5.56. The first-order valence-corrected chi connectivity index (χ1v) is 7.90. The van der Waals surface area contributed by atoms with Gasteiger partial charge in [0, 0.05) is 23.9 Å². The number of hydrogen-bond acceptors (Lipinski definition) is 7. The minimum atomic E-state index is -0.565. The Hall–Kier alpha value is -3.55. The quantitative estimate of drug-likeness (QED) is 0.716. The van der Waals surface area contributed by atoms with Gasteiger partial charge in [0.2, 0.25) is 5.56 Å². The molecule has 4 rings (SSSR count). The Labute approximate surface area is 147 Å². The molecule has 0 unspecified atom stereocenters. The fourth-order valence-corrected chi connectivity index (χ4v) is 2.47. The molecular formula is C18H14N2O6. The number of hydrogen-bond donors (Lipinski definition) is 1. The average Bonchev–Trinajstić information content (AvgIpc) is 3.15. The minimum absolute atomic E-state index is 0.0496. The van der Waals surface area contributed by atoms with Gasteiger partial charge in [-0.05, 0) is 24.3 Å². The largest absolute Gasteiger partial charge is 0.486 e. The van der Waals surface area contributed by atoms with E-state index in [4.69, 9.17) is 18.7 Å². The number of rotatable bonds is 4. The number of carbonyl (C=O) groups is 1. The van der Waals surface area contributed by atoms with E-state index >= 15 is 0 Å². The standard InChI is InChI=1S/C18H14N2O6/c21-17-4-2-12(9-19-17)18(22)25-10-13-8-15(26-20-13)11-1-3-14-16(7-11)24-6-5-23-14/h1-4,7-9H,5-6,10H2,(H,19,21). The molecule has 1 aliphatic heterocycles. The molecular weight excluding hydrogens is 340 g/mol. The molecule has 1 aromatic carbocycles. The molecule has 0 spiro atoms. The third kappa shape index (κ3) is 3.30. The number of nitrogens with zero attached hydrogens (tertiary/aromatic N) is 1. The Balaban J connectivity index is 1.44. The van der Waals surface area contributed by atoms with E-state index in [0.29, 0.717) is 36.2 Å². The maximum absolute atomic E-state index is 11.9. The number of pyridine rings is 1. The number of fused-ring (bicyclic) bond motifs is 1. The van der Waals surface area contributed by atoms with E-state index in [1.807, 2.05) is 18.2 Å². The van der Waals surface area contributed by atoms with Gasteiger partial charge in [-0.25, -0.2) is 4.79 Å². The Bertz CT molecular complexity index is 986. The lowest BCUT2D eigenvalue weighted by atomic mass is 10.1. The second-order valence-electron chi connectivity index (χ2n) is 5.56. The van der Waals surface area contributed by atoms with Crippen LogP contribution in [0.15, 0.2) is 51.9 Å². The molecule has 1 aliphatic rings. The minimum Gasteiger partial charge on any atom is -0.486 e. The van der Waals surface area contributed by atoms with Crippen molar-refractivity contribution < 1.29 is 23.5 Å². The maximum atomic E-state index is 11.9. The Kier molecular flexibility index (Phi) is 4.14. The molecule has 2 aromatic heterocycles. The van der Waals surface area contributed by atoms with E-state index in [-0.39, 0.29) is 17.7 Å². The van der Waals surface area contributed by atoms with Gasteiger partial charge in [-0.3, -0.25) is 4.79 Å². The van der Waals surface area contributed by atoms with E-state index in [2.05, 4.69) is 10.1 Å². The summed E-state index contributed by atoms with van der Waals surface area (Å²) in [7, 11) is 0. The predicted molar refractivity (Wildman–Crippen MR) is 89.1 cm³/mol. The summed E-state index contributed by atoms with van der Waals surface area (Å²) in [5.41, 5.74) is 1.20. The molecule has 0 saturated carbocycles. The first kappa shape index (κ1) is 15.9. The summed E-state index contributed by atoms with van der Waals surface area (Å²) in [5.74, 6) is 1.30. The number of nitrogens with one attached hydrogen (secondary N) is 1. The summed E-state index contributed by atoms with van der Waals surface area (Å²) >= 11 is 0. The third-order valence-corrected chi connectivity index (χ3v) is 3.76. The van der Waals surface area contributed by atoms with Crippen LogP contribution in [-0.4, -0.2) is 29.3 Å². The Morgan fingerprint density at radius 2 is 1.96 bits per heavy atom. The van der Waals surface area contributed by atoms with Crippen molar-refractivity contribution in [3.05, 3.63) is 64.2 Å². The van der Waals surface area contributed by atoms with Gasteiger partial charge < -0.3 is 23.7 Å². The molecule has 3 heterocycles. The SMILES string of the molecule is O=C(OCc1cc(-c2ccc3c(c2)OCCO3)on1)c1ccc(=O)[nH]c1. The van der Waals surface area contributed by atoms with E-state index in [1.54, 1.807) is 6.07 Å². The molecule has 1 N–H and O–H groups in total. The number of ether oxygens (including phenoxy) is 3. The fraction of sp³-hybridized carbons (Fsp3) is 0.167. The van der Waals surface area contributed by atoms with E-state index in [0.717, 1.165) is 5.56 Å². The van der Waals surface area contributed by atoms with Gasteiger partial charge in [0.25, 0.3) is 0 Å². The molecule has 0 saturated heterocycles. The van der Waals surface area contributed by atoms with Crippen molar-refractivity contribution in [2.75, 3.05) is 13.2 Å². The highest BCUT2D eigenvalue weighted by Crippen LogP contribution is 2.34. The molecule has 0 bridgehead atoms. The molecule has 8 heteroatoms. The lowest BCUT2D eigenvalue weighted by molar-refractivity contribution is 0.0464. The van der Waals surface area contributed by atoms with E-state index in [1.165, 1.54) is 18.3 Å². The summed E-state index contributed by atoms with van der Waals surface area (Å²) in [4.78, 5) is 25.4. The highest BCUT2D eigenvalue weighted by Gasteiger charge is 2.15. The summed E-state index contributed by atoms with van der Waals surface area (Å²) in [5, 5.41) is 3.90. The highest BCUT2D eigenvalue weighted by molar-refractivity contribution is 5.88. The van der Waals surface area contributed by atoms with Crippen molar-refractivity contribution in [2.24, 2.45) is 0 Å².